The van der Waals surface area contributed by atoms with E-state index in [2.05, 4.69) is 40.1 Å². The monoisotopic (exact) mass is 388 g/mol. The Hall–Kier alpha value is -3.21. The predicted molar refractivity (Wildman–Crippen MR) is 119 cm³/mol. The van der Waals surface area contributed by atoms with Crippen molar-refractivity contribution in [2.45, 2.75) is 33.1 Å². The van der Waals surface area contributed by atoms with Crippen LogP contribution in [0.3, 0.4) is 0 Å². The van der Waals surface area contributed by atoms with Crippen LogP contribution in [0.5, 0.6) is 0 Å². The Kier molecular flexibility index (Phi) is 6.60. The molecule has 0 saturated heterocycles. The van der Waals surface area contributed by atoms with Crippen molar-refractivity contribution in [1.29, 1.82) is 0 Å². The Bertz CT molecular complexity index is 952. The van der Waals surface area contributed by atoms with Crippen molar-refractivity contribution < 1.29 is 4.79 Å². The first-order chi connectivity index (χ1) is 14.0. The maximum atomic E-state index is 12.8. The van der Waals surface area contributed by atoms with Crippen molar-refractivity contribution in [3.05, 3.63) is 83.3 Å². The van der Waals surface area contributed by atoms with Crippen LogP contribution in [0, 0.1) is 6.92 Å². The van der Waals surface area contributed by atoms with E-state index in [0.29, 0.717) is 11.5 Å². The summed E-state index contributed by atoms with van der Waals surface area (Å²) < 4.78 is 0. The van der Waals surface area contributed by atoms with Crippen LogP contribution in [-0.2, 0) is 6.42 Å². The van der Waals surface area contributed by atoms with E-state index in [1.54, 1.807) is 18.6 Å². The number of likely N-dealkylation sites (N-methyl/N-ethyl adjacent to an activating group) is 1. The Balaban J connectivity index is 1.66. The minimum absolute atomic E-state index is 0.139. The van der Waals surface area contributed by atoms with Gasteiger partial charge in [0.1, 0.15) is 5.82 Å². The Morgan fingerprint density at radius 3 is 2.52 bits per heavy atom. The summed E-state index contributed by atoms with van der Waals surface area (Å²) >= 11 is 0. The average Bonchev–Trinajstić information content (AvgIpc) is 2.74. The quantitative estimate of drug-likeness (QED) is 0.629. The highest BCUT2D eigenvalue weighted by Crippen LogP contribution is 2.28. The molecule has 2 aromatic heterocycles. The number of para-hydroxylation sites is 1. The number of hydrogen-bond donors (Lipinski definition) is 1. The SMILES string of the molecule is Cc1cccc(C(C)C)c1NC(=O)c1ccc(N(C)CCc2ccncc2)nc1. The van der Waals surface area contributed by atoms with E-state index in [1.165, 1.54) is 5.56 Å². The Labute approximate surface area is 172 Å². The minimum atomic E-state index is -0.139. The molecule has 5 heteroatoms. The van der Waals surface area contributed by atoms with Gasteiger partial charge in [0.15, 0.2) is 0 Å². The van der Waals surface area contributed by atoms with Gasteiger partial charge < -0.3 is 10.2 Å². The number of anilines is 2. The van der Waals surface area contributed by atoms with Crippen LogP contribution < -0.4 is 10.2 Å². The predicted octanol–water partition coefficient (Wildman–Crippen LogP) is 4.84. The van der Waals surface area contributed by atoms with E-state index in [-0.39, 0.29) is 5.91 Å². The third kappa shape index (κ3) is 5.19. The van der Waals surface area contributed by atoms with E-state index in [0.717, 1.165) is 35.6 Å². The summed E-state index contributed by atoms with van der Waals surface area (Å²) in [6.07, 6.45) is 6.16. The first kappa shape index (κ1) is 20.5. The Morgan fingerprint density at radius 2 is 1.86 bits per heavy atom. The van der Waals surface area contributed by atoms with Crippen molar-refractivity contribution in [2.75, 3.05) is 23.8 Å². The largest absolute Gasteiger partial charge is 0.359 e. The lowest BCUT2D eigenvalue weighted by Crippen LogP contribution is -2.22. The van der Waals surface area contributed by atoms with Crippen LogP contribution in [-0.4, -0.2) is 29.5 Å². The minimum Gasteiger partial charge on any atom is -0.359 e. The summed E-state index contributed by atoms with van der Waals surface area (Å²) in [6.45, 7) is 7.11. The Morgan fingerprint density at radius 1 is 1.10 bits per heavy atom. The summed E-state index contributed by atoms with van der Waals surface area (Å²) in [5.41, 5.74) is 4.88. The standard InChI is InChI=1S/C24H28N4O/c1-17(2)21-7-5-6-18(3)23(21)27-24(29)20-8-9-22(26-16-20)28(4)15-12-19-10-13-25-14-11-19/h5-11,13-14,16-17H,12,15H2,1-4H3,(H,27,29). The topological polar surface area (TPSA) is 58.1 Å². The molecule has 29 heavy (non-hydrogen) atoms. The van der Waals surface area contributed by atoms with E-state index in [9.17, 15) is 4.79 Å². The zero-order valence-corrected chi connectivity index (χ0v) is 17.5. The van der Waals surface area contributed by atoms with Crippen molar-refractivity contribution in [3.8, 4) is 0 Å². The normalized spacial score (nSPS) is 10.8. The van der Waals surface area contributed by atoms with Crippen LogP contribution in [0.2, 0.25) is 0 Å². The smallest absolute Gasteiger partial charge is 0.257 e. The lowest BCUT2D eigenvalue weighted by atomic mass is 9.98. The molecule has 0 aliphatic carbocycles. The molecule has 5 nitrogen and oxygen atoms in total. The fraction of sp³-hybridized carbons (Fsp3) is 0.292. The zero-order valence-electron chi connectivity index (χ0n) is 17.5. The second-order valence-corrected chi connectivity index (χ2v) is 7.58. The third-order valence-electron chi connectivity index (χ3n) is 5.05. The molecule has 0 atom stereocenters. The number of pyridine rings is 2. The number of nitrogens with one attached hydrogen (secondary N) is 1. The van der Waals surface area contributed by atoms with E-state index < -0.39 is 0 Å². The zero-order chi connectivity index (χ0) is 20.8. The molecule has 0 aliphatic heterocycles. The molecule has 1 amide bonds. The van der Waals surface area contributed by atoms with Gasteiger partial charge in [-0.25, -0.2) is 4.98 Å². The van der Waals surface area contributed by atoms with Crippen molar-refractivity contribution >= 4 is 17.4 Å². The molecule has 0 fully saturated rings. The molecule has 3 rings (SSSR count). The van der Waals surface area contributed by atoms with Crippen LogP contribution >= 0.6 is 0 Å². The molecule has 1 N–H and O–H groups in total. The number of carbonyl (C=O) groups excluding carboxylic acids is 1. The number of rotatable bonds is 7. The molecule has 0 aliphatic rings. The van der Waals surface area contributed by atoms with Crippen LogP contribution in [0.15, 0.2) is 61.1 Å². The average molecular weight is 389 g/mol. The number of hydrogen-bond acceptors (Lipinski definition) is 4. The molecule has 2 heterocycles. The summed E-state index contributed by atoms with van der Waals surface area (Å²) in [5.74, 6) is 1.04. The van der Waals surface area contributed by atoms with Gasteiger partial charge in [-0.2, -0.15) is 0 Å². The van der Waals surface area contributed by atoms with Crippen LogP contribution in [0.1, 0.15) is 46.8 Å². The second kappa shape index (κ2) is 9.32. The molecule has 0 spiro atoms. The molecule has 0 radical (unpaired) electrons. The van der Waals surface area contributed by atoms with Gasteiger partial charge in [-0.3, -0.25) is 9.78 Å². The van der Waals surface area contributed by atoms with Crippen LogP contribution in [0.25, 0.3) is 0 Å². The van der Waals surface area contributed by atoms with Crippen molar-refractivity contribution in [2.24, 2.45) is 0 Å². The van der Waals surface area contributed by atoms with Gasteiger partial charge in [0, 0.05) is 37.9 Å². The van der Waals surface area contributed by atoms with E-state index >= 15 is 0 Å². The fourth-order valence-electron chi connectivity index (χ4n) is 3.24. The molecule has 3 aromatic rings. The number of benzene rings is 1. The molecule has 150 valence electrons. The van der Waals surface area contributed by atoms with E-state index in [1.807, 2.05) is 50.4 Å². The van der Waals surface area contributed by atoms with Gasteiger partial charge >= 0.3 is 0 Å². The highest BCUT2D eigenvalue weighted by atomic mass is 16.1. The number of aryl methyl sites for hydroxylation is 1. The molecular weight excluding hydrogens is 360 g/mol. The van der Waals surface area contributed by atoms with Crippen LogP contribution in [0.4, 0.5) is 11.5 Å². The second-order valence-electron chi connectivity index (χ2n) is 7.58. The lowest BCUT2D eigenvalue weighted by Gasteiger charge is -2.19. The molecule has 0 unspecified atom stereocenters. The van der Waals surface area contributed by atoms with Gasteiger partial charge in [-0.05, 0) is 60.2 Å². The highest BCUT2D eigenvalue weighted by Gasteiger charge is 2.14. The summed E-state index contributed by atoms with van der Waals surface area (Å²) in [6, 6.07) is 13.9. The summed E-state index contributed by atoms with van der Waals surface area (Å²) in [7, 11) is 2.01. The molecule has 0 bridgehead atoms. The van der Waals surface area contributed by atoms with Gasteiger partial charge in [0.2, 0.25) is 0 Å². The number of carbonyl (C=O) groups is 1. The summed E-state index contributed by atoms with van der Waals surface area (Å²) in [4.78, 5) is 23.4. The van der Waals surface area contributed by atoms with Gasteiger partial charge in [-0.15, -0.1) is 0 Å². The highest BCUT2D eigenvalue weighted by molar-refractivity contribution is 6.05. The maximum absolute atomic E-state index is 12.8. The van der Waals surface area contributed by atoms with Gasteiger partial charge in [-0.1, -0.05) is 32.0 Å². The number of amides is 1. The third-order valence-corrected chi connectivity index (χ3v) is 5.05. The van der Waals surface area contributed by atoms with Crippen molar-refractivity contribution in [3.63, 3.8) is 0 Å². The van der Waals surface area contributed by atoms with Crippen molar-refractivity contribution in [1.82, 2.24) is 9.97 Å². The maximum Gasteiger partial charge on any atom is 0.257 e. The molecule has 1 aromatic carbocycles. The summed E-state index contributed by atoms with van der Waals surface area (Å²) in [5, 5.41) is 3.07. The van der Waals surface area contributed by atoms with Gasteiger partial charge in [0.25, 0.3) is 5.91 Å². The number of nitrogens with zero attached hydrogens (tertiary/aromatic N) is 3. The molecular formula is C24H28N4O. The molecule has 0 saturated carbocycles. The first-order valence-electron chi connectivity index (χ1n) is 9.92. The number of aromatic nitrogens is 2. The first-order valence-corrected chi connectivity index (χ1v) is 9.92. The van der Waals surface area contributed by atoms with Gasteiger partial charge in [0.05, 0.1) is 5.56 Å². The lowest BCUT2D eigenvalue weighted by molar-refractivity contribution is 0.102. The fourth-order valence-corrected chi connectivity index (χ4v) is 3.24. The van der Waals surface area contributed by atoms with E-state index in [4.69, 9.17) is 0 Å².